The average Bonchev–Trinajstić information content (AvgIpc) is 2.91. The first-order chi connectivity index (χ1) is 9.56. The summed E-state index contributed by atoms with van der Waals surface area (Å²) in [5, 5.41) is 2.93. The second-order valence-corrected chi connectivity index (χ2v) is 5.41. The molecule has 1 atom stereocenters. The van der Waals surface area contributed by atoms with Gasteiger partial charge >= 0.3 is 5.97 Å². The van der Waals surface area contributed by atoms with Crippen LogP contribution in [0, 0.1) is 6.92 Å². The molecule has 1 fully saturated rings. The Morgan fingerprint density at radius 3 is 2.65 bits per heavy atom. The predicted molar refractivity (Wildman–Crippen MR) is 76.5 cm³/mol. The van der Waals surface area contributed by atoms with Crippen LogP contribution in [0.5, 0.6) is 0 Å². The number of nitrogens with one attached hydrogen (secondary N) is 1. The van der Waals surface area contributed by atoms with Gasteiger partial charge in [-0.3, -0.25) is 4.79 Å². The van der Waals surface area contributed by atoms with E-state index >= 15 is 0 Å². The zero-order chi connectivity index (χ0) is 14.5. The molecule has 1 unspecified atom stereocenters. The fourth-order valence-corrected chi connectivity index (χ4v) is 2.44. The summed E-state index contributed by atoms with van der Waals surface area (Å²) < 4.78 is 5.21. The smallest absolute Gasteiger partial charge is 0.338 e. The molecule has 0 aromatic heterocycles. The van der Waals surface area contributed by atoms with E-state index in [9.17, 15) is 9.59 Å². The zero-order valence-corrected chi connectivity index (χ0v) is 12.0. The molecular weight excluding hydrogens is 254 g/mol. The molecule has 1 aliphatic rings. The number of aryl methyl sites for hydroxylation is 1. The van der Waals surface area contributed by atoms with Crippen molar-refractivity contribution in [3.05, 3.63) is 35.4 Å². The van der Waals surface area contributed by atoms with Crippen LogP contribution in [-0.2, 0) is 9.53 Å². The lowest BCUT2D eigenvalue weighted by atomic mass is 10.1. The van der Waals surface area contributed by atoms with Crippen molar-refractivity contribution in [2.24, 2.45) is 0 Å². The Hall–Kier alpha value is -1.84. The van der Waals surface area contributed by atoms with Gasteiger partial charge in [0.25, 0.3) is 5.91 Å². The maximum Gasteiger partial charge on any atom is 0.338 e. The number of amides is 1. The molecule has 1 N–H and O–H groups in total. The summed E-state index contributed by atoms with van der Waals surface area (Å²) in [6.45, 7) is 3.52. The van der Waals surface area contributed by atoms with E-state index < -0.39 is 12.1 Å². The highest BCUT2D eigenvalue weighted by Gasteiger charge is 2.23. The number of hydrogen-bond donors (Lipinski definition) is 1. The van der Waals surface area contributed by atoms with Gasteiger partial charge in [0.2, 0.25) is 0 Å². The van der Waals surface area contributed by atoms with Crippen LogP contribution >= 0.6 is 0 Å². The topological polar surface area (TPSA) is 55.4 Å². The minimum absolute atomic E-state index is 0.210. The number of rotatable bonds is 4. The number of hydrogen-bond acceptors (Lipinski definition) is 3. The van der Waals surface area contributed by atoms with Crippen LogP contribution in [0.25, 0.3) is 0 Å². The molecule has 0 radical (unpaired) electrons. The van der Waals surface area contributed by atoms with Crippen LogP contribution in [-0.4, -0.2) is 24.0 Å². The van der Waals surface area contributed by atoms with Crippen molar-refractivity contribution in [3.63, 3.8) is 0 Å². The van der Waals surface area contributed by atoms with Gasteiger partial charge in [0.05, 0.1) is 5.56 Å². The van der Waals surface area contributed by atoms with E-state index in [-0.39, 0.29) is 11.9 Å². The van der Waals surface area contributed by atoms with Crippen LogP contribution in [0.4, 0.5) is 0 Å². The molecule has 1 amide bonds. The van der Waals surface area contributed by atoms with Crippen LogP contribution in [0.1, 0.15) is 48.5 Å². The molecule has 1 aromatic carbocycles. The Morgan fingerprint density at radius 2 is 2.00 bits per heavy atom. The van der Waals surface area contributed by atoms with E-state index in [1.165, 1.54) is 0 Å². The zero-order valence-electron chi connectivity index (χ0n) is 12.0. The summed E-state index contributed by atoms with van der Waals surface area (Å²) in [7, 11) is 0. The lowest BCUT2D eigenvalue weighted by Crippen LogP contribution is -2.40. The second-order valence-electron chi connectivity index (χ2n) is 5.41. The highest BCUT2D eigenvalue weighted by Crippen LogP contribution is 2.18. The Balaban J connectivity index is 1.88. The van der Waals surface area contributed by atoms with Gasteiger partial charge in [-0.25, -0.2) is 4.79 Å². The molecule has 1 aliphatic carbocycles. The molecular formula is C16H21NO3. The minimum atomic E-state index is -0.761. The quantitative estimate of drug-likeness (QED) is 0.859. The third kappa shape index (κ3) is 3.83. The summed E-state index contributed by atoms with van der Waals surface area (Å²) >= 11 is 0. The van der Waals surface area contributed by atoms with Crippen molar-refractivity contribution in [2.45, 2.75) is 51.7 Å². The largest absolute Gasteiger partial charge is 0.449 e. The van der Waals surface area contributed by atoms with E-state index in [1.54, 1.807) is 25.1 Å². The van der Waals surface area contributed by atoms with Gasteiger partial charge in [-0.2, -0.15) is 0 Å². The predicted octanol–water partition coefficient (Wildman–Crippen LogP) is 2.60. The first-order valence-corrected chi connectivity index (χ1v) is 7.14. The summed E-state index contributed by atoms with van der Waals surface area (Å²) in [5.74, 6) is -0.666. The van der Waals surface area contributed by atoms with Gasteiger partial charge in [0, 0.05) is 6.04 Å². The minimum Gasteiger partial charge on any atom is -0.449 e. The third-order valence-electron chi connectivity index (χ3n) is 3.61. The number of carbonyl (C=O) groups excluding carboxylic acids is 2. The summed E-state index contributed by atoms with van der Waals surface area (Å²) in [6.07, 6.45) is 3.59. The van der Waals surface area contributed by atoms with Gasteiger partial charge < -0.3 is 10.1 Å². The molecule has 0 spiro atoms. The van der Waals surface area contributed by atoms with Crippen LogP contribution in [0.15, 0.2) is 24.3 Å². The highest BCUT2D eigenvalue weighted by molar-refractivity contribution is 5.92. The lowest BCUT2D eigenvalue weighted by molar-refractivity contribution is -0.129. The molecule has 4 heteroatoms. The summed E-state index contributed by atoms with van der Waals surface area (Å²) in [6, 6.07) is 7.39. The molecule has 20 heavy (non-hydrogen) atoms. The van der Waals surface area contributed by atoms with Crippen LogP contribution in [0.3, 0.4) is 0 Å². The second kappa shape index (κ2) is 6.55. The lowest BCUT2D eigenvalue weighted by Gasteiger charge is -2.17. The van der Waals surface area contributed by atoms with Crippen molar-refractivity contribution in [1.29, 1.82) is 0 Å². The molecule has 108 valence electrons. The van der Waals surface area contributed by atoms with Gasteiger partial charge in [0.1, 0.15) is 0 Å². The monoisotopic (exact) mass is 275 g/mol. The Bertz CT molecular complexity index is 492. The van der Waals surface area contributed by atoms with Gasteiger partial charge in [-0.05, 0) is 38.8 Å². The third-order valence-corrected chi connectivity index (χ3v) is 3.61. The Labute approximate surface area is 119 Å². The molecule has 1 aromatic rings. The van der Waals surface area contributed by atoms with Gasteiger partial charge in [-0.15, -0.1) is 0 Å². The van der Waals surface area contributed by atoms with Crippen molar-refractivity contribution < 1.29 is 14.3 Å². The van der Waals surface area contributed by atoms with Crippen LogP contribution < -0.4 is 5.32 Å². The number of benzene rings is 1. The van der Waals surface area contributed by atoms with Crippen molar-refractivity contribution >= 4 is 11.9 Å². The number of ether oxygens (including phenoxy) is 1. The standard InChI is InChI=1S/C16H21NO3/c1-11-6-5-7-13(10-11)16(19)20-12(2)15(18)17-14-8-3-4-9-14/h5-7,10,12,14H,3-4,8-9H2,1-2H3,(H,17,18). The highest BCUT2D eigenvalue weighted by atomic mass is 16.5. The van der Waals surface area contributed by atoms with E-state index in [0.717, 1.165) is 31.2 Å². The van der Waals surface area contributed by atoms with E-state index in [2.05, 4.69) is 5.32 Å². The van der Waals surface area contributed by atoms with E-state index in [1.807, 2.05) is 13.0 Å². The molecule has 2 rings (SSSR count). The normalized spacial score (nSPS) is 16.7. The Morgan fingerprint density at radius 1 is 1.30 bits per heavy atom. The van der Waals surface area contributed by atoms with Crippen LogP contribution in [0.2, 0.25) is 0 Å². The SMILES string of the molecule is Cc1cccc(C(=O)OC(C)C(=O)NC2CCCC2)c1. The maximum absolute atomic E-state index is 11.9. The molecule has 4 nitrogen and oxygen atoms in total. The number of carbonyl (C=O) groups is 2. The van der Waals surface area contributed by atoms with Crippen molar-refractivity contribution in [3.8, 4) is 0 Å². The number of esters is 1. The van der Waals surface area contributed by atoms with Crippen molar-refractivity contribution in [2.75, 3.05) is 0 Å². The summed E-state index contributed by atoms with van der Waals surface area (Å²) in [5.41, 5.74) is 1.47. The van der Waals surface area contributed by atoms with Gasteiger partial charge in [0.15, 0.2) is 6.10 Å². The Kier molecular flexibility index (Phi) is 4.77. The van der Waals surface area contributed by atoms with Gasteiger partial charge in [-0.1, -0.05) is 30.5 Å². The first-order valence-electron chi connectivity index (χ1n) is 7.14. The molecule has 0 heterocycles. The summed E-state index contributed by atoms with van der Waals surface area (Å²) in [4.78, 5) is 23.9. The van der Waals surface area contributed by atoms with E-state index in [0.29, 0.717) is 5.56 Å². The molecule has 0 saturated heterocycles. The maximum atomic E-state index is 11.9. The molecule has 0 bridgehead atoms. The molecule has 1 saturated carbocycles. The first kappa shape index (κ1) is 14.6. The fraction of sp³-hybridized carbons (Fsp3) is 0.500. The fourth-order valence-electron chi connectivity index (χ4n) is 2.44. The van der Waals surface area contributed by atoms with E-state index in [4.69, 9.17) is 4.74 Å². The molecule has 0 aliphatic heterocycles. The average molecular weight is 275 g/mol. The van der Waals surface area contributed by atoms with Crippen molar-refractivity contribution in [1.82, 2.24) is 5.32 Å².